The van der Waals surface area contributed by atoms with E-state index in [1.807, 2.05) is 0 Å². The predicted octanol–water partition coefficient (Wildman–Crippen LogP) is 1.50. The van der Waals surface area contributed by atoms with Crippen LogP contribution >= 0.6 is 0 Å². The second kappa shape index (κ2) is 5.86. The molecule has 0 bridgehead atoms. The second-order valence-electron chi connectivity index (χ2n) is 5.18. The standard InChI is InChI=1S/C14H16F3N3O2/c1-19(12(21)9-4-2-3-5-10(9)18)11-6-7-20(13(11)22)8-14(15,16)17/h2-5,11H,6-8,18H2,1H3/t11-/m0/s1. The van der Waals surface area contributed by atoms with Gasteiger partial charge in [0.25, 0.3) is 5.91 Å². The van der Waals surface area contributed by atoms with Crippen molar-refractivity contribution in [3.63, 3.8) is 0 Å². The van der Waals surface area contributed by atoms with Crippen LogP contribution < -0.4 is 5.73 Å². The highest BCUT2D eigenvalue weighted by molar-refractivity contribution is 6.01. The van der Waals surface area contributed by atoms with Crippen LogP contribution in [0.2, 0.25) is 0 Å². The molecule has 1 atom stereocenters. The minimum Gasteiger partial charge on any atom is -0.398 e. The monoisotopic (exact) mass is 315 g/mol. The summed E-state index contributed by atoms with van der Waals surface area (Å²) in [5.74, 6) is -1.17. The number of rotatable bonds is 3. The Balaban J connectivity index is 2.11. The summed E-state index contributed by atoms with van der Waals surface area (Å²) >= 11 is 0. The molecule has 1 aliphatic rings. The van der Waals surface area contributed by atoms with Crippen molar-refractivity contribution in [1.29, 1.82) is 0 Å². The molecule has 0 unspecified atom stereocenters. The Hall–Kier alpha value is -2.25. The van der Waals surface area contributed by atoms with Crippen molar-refractivity contribution in [1.82, 2.24) is 9.80 Å². The molecular formula is C14H16F3N3O2. The normalized spacial score (nSPS) is 18.6. The third kappa shape index (κ3) is 3.32. The van der Waals surface area contributed by atoms with E-state index in [0.717, 1.165) is 9.80 Å². The Labute approximate surface area is 125 Å². The van der Waals surface area contributed by atoms with Gasteiger partial charge < -0.3 is 15.5 Å². The molecule has 1 fully saturated rings. The van der Waals surface area contributed by atoms with Crippen molar-refractivity contribution >= 4 is 17.5 Å². The van der Waals surface area contributed by atoms with Crippen LogP contribution in [0.15, 0.2) is 24.3 Å². The molecule has 1 aromatic rings. The SMILES string of the molecule is CN(C(=O)c1ccccc1N)[C@H]1CCN(CC(F)(F)F)C1=O. The third-order valence-electron chi connectivity index (χ3n) is 3.62. The molecule has 22 heavy (non-hydrogen) atoms. The fourth-order valence-corrected chi connectivity index (χ4v) is 2.48. The topological polar surface area (TPSA) is 66.6 Å². The zero-order valence-electron chi connectivity index (χ0n) is 11.9. The quantitative estimate of drug-likeness (QED) is 0.860. The summed E-state index contributed by atoms with van der Waals surface area (Å²) in [5, 5.41) is 0. The van der Waals surface area contributed by atoms with Crippen LogP contribution in [0, 0.1) is 0 Å². The number of carbonyl (C=O) groups is 2. The maximum atomic E-state index is 12.4. The van der Waals surface area contributed by atoms with E-state index in [4.69, 9.17) is 5.73 Å². The first-order valence-corrected chi connectivity index (χ1v) is 6.68. The van der Waals surface area contributed by atoms with Crippen LogP contribution in [0.5, 0.6) is 0 Å². The van der Waals surface area contributed by atoms with E-state index >= 15 is 0 Å². The number of nitrogens with two attached hydrogens (primary N) is 1. The van der Waals surface area contributed by atoms with Gasteiger partial charge in [-0.3, -0.25) is 9.59 Å². The molecule has 2 amide bonds. The second-order valence-corrected chi connectivity index (χ2v) is 5.18. The van der Waals surface area contributed by atoms with Gasteiger partial charge in [0.2, 0.25) is 5.91 Å². The van der Waals surface area contributed by atoms with Crippen LogP contribution in [0.1, 0.15) is 16.8 Å². The molecule has 1 aliphatic heterocycles. The van der Waals surface area contributed by atoms with Gasteiger partial charge in [0, 0.05) is 19.3 Å². The fraction of sp³-hybridized carbons (Fsp3) is 0.429. The number of anilines is 1. The van der Waals surface area contributed by atoms with Gasteiger partial charge >= 0.3 is 6.18 Å². The lowest BCUT2D eigenvalue weighted by atomic mass is 10.1. The highest BCUT2D eigenvalue weighted by Crippen LogP contribution is 2.24. The van der Waals surface area contributed by atoms with Gasteiger partial charge in [0.05, 0.1) is 5.56 Å². The summed E-state index contributed by atoms with van der Waals surface area (Å²) in [6.45, 7) is -1.32. The van der Waals surface area contributed by atoms with E-state index in [1.54, 1.807) is 18.2 Å². The maximum Gasteiger partial charge on any atom is 0.406 e. The van der Waals surface area contributed by atoms with Crippen molar-refractivity contribution in [2.45, 2.75) is 18.6 Å². The number of hydrogen-bond acceptors (Lipinski definition) is 3. The van der Waals surface area contributed by atoms with E-state index in [0.29, 0.717) is 0 Å². The third-order valence-corrected chi connectivity index (χ3v) is 3.62. The number of nitrogens with zero attached hydrogens (tertiary/aromatic N) is 2. The predicted molar refractivity (Wildman–Crippen MR) is 74.0 cm³/mol. The zero-order valence-corrected chi connectivity index (χ0v) is 11.9. The van der Waals surface area contributed by atoms with E-state index in [9.17, 15) is 22.8 Å². The van der Waals surface area contributed by atoms with E-state index in [1.165, 1.54) is 13.1 Å². The van der Waals surface area contributed by atoms with Gasteiger partial charge in [-0.15, -0.1) is 0 Å². The molecule has 1 aromatic carbocycles. The summed E-state index contributed by atoms with van der Waals surface area (Å²) in [6.07, 6.45) is -4.28. The number of carbonyl (C=O) groups excluding carboxylic acids is 2. The van der Waals surface area contributed by atoms with Crippen LogP contribution in [-0.4, -0.2) is 54.0 Å². The van der Waals surface area contributed by atoms with Gasteiger partial charge in [-0.1, -0.05) is 12.1 Å². The van der Waals surface area contributed by atoms with Crippen LogP contribution in [0.25, 0.3) is 0 Å². The first-order valence-electron chi connectivity index (χ1n) is 6.68. The summed E-state index contributed by atoms with van der Waals surface area (Å²) in [7, 11) is 1.40. The summed E-state index contributed by atoms with van der Waals surface area (Å²) in [6, 6.07) is 5.46. The molecule has 120 valence electrons. The molecule has 0 saturated carbocycles. The van der Waals surface area contributed by atoms with Crippen molar-refractivity contribution in [3.8, 4) is 0 Å². The van der Waals surface area contributed by atoms with E-state index in [-0.39, 0.29) is 24.2 Å². The zero-order chi connectivity index (χ0) is 16.5. The molecule has 0 aromatic heterocycles. The Morgan fingerprint density at radius 2 is 2.05 bits per heavy atom. The molecule has 8 heteroatoms. The van der Waals surface area contributed by atoms with Crippen LogP contribution in [-0.2, 0) is 4.79 Å². The summed E-state index contributed by atoms with van der Waals surface area (Å²) < 4.78 is 37.2. The molecule has 0 aliphatic carbocycles. The highest BCUT2D eigenvalue weighted by Gasteiger charge is 2.41. The van der Waals surface area contributed by atoms with Crippen LogP contribution in [0.3, 0.4) is 0 Å². The average Bonchev–Trinajstić information content (AvgIpc) is 2.77. The molecule has 2 N–H and O–H groups in total. The Kier molecular flexibility index (Phi) is 4.30. The molecule has 1 heterocycles. The minimum atomic E-state index is -4.45. The highest BCUT2D eigenvalue weighted by atomic mass is 19.4. The number of benzene rings is 1. The molecule has 0 spiro atoms. The number of amides is 2. The van der Waals surface area contributed by atoms with Gasteiger partial charge in [0.15, 0.2) is 0 Å². The van der Waals surface area contributed by atoms with Crippen molar-refractivity contribution < 1.29 is 22.8 Å². The number of likely N-dealkylation sites (tertiary alicyclic amines) is 1. The summed E-state index contributed by atoms with van der Waals surface area (Å²) in [5.41, 5.74) is 6.20. The summed E-state index contributed by atoms with van der Waals surface area (Å²) in [4.78, 5) is 26.3. The Morgan fingerprint density at radius 1 is 1.41 bits per heavy atom. The number of para-hydroxylation sites is 1. The number of nitrogen functional groups attached to an aromatic ring is 1. The van der Waals surface area contributed by atoms with Gasteiger partial charge in [-0.2, -0.15) is 13.2 Å². The van der Waals surface area contributed by atoms with Gasteiger partial charge in [0.1, 0.15) is 12.6 Å². The van der Waals surface area contributed by atoms with Crippen molar-refractivity contribution in [2.24, 2.45) is 0 Å². The van der Waals surface area contributed by atoms with Crippen molar-refractivity contribution in [3.05, 3.63) is 29.8 Å². The fourth-order valence-electron chi connectivity index (χ4n) is 2.48. The largest absolute Gasteiger partial charge is 0.406 e. The Morgan fingerprint density at radius 3 is 2.64 bits per heavy atom. The molecule has 5 nitrogen and oxygen atoms in total. The van der Waals surface area contributed by atoms with E-state index < -0.39 is 30.6 Å². The molecule has 0 radical (unpaired) electrons. The number of likely N-dealkylation sites (N-methyl/N-ethyl adjacent to an activating group) is 1. The molecular weight excluding hydrogens is 299 g/mol. The number of alkyl halides is 3. The molecule has 2 rings (SSSR count). The van der Waals surface area contributed by atoms with Crippen molar-refractivity contribution in [2.75, 3.05) is 25.9 Å². The van der Waals surface area contributed by atoms with Gasteiger partial charge in [-0.25, -0.2) is 0 Å². The smallest absolute Gasteiger partial charge is 0.398 e. The lowest BCUT2D eigenvalue weighted by Crippen LogP contribution is -2.44. The first-order chi connectivity index (χ1) is 10.2. The average molecular weight is 315 g/mol. The lowest BCUT2D eigenvalue weighted by molar-refractivity contribution is -0.158. The van der Waals surface area contributed by atoms with Gasteiger partial charge in [-0.05, 0) is 18.6 Å². The number of hydrogen-bond donors (Lipinski definition) is 1. The van der Waals surface area contributed by atoms with E-state index in [2.05, 4.69) is 0 Å². The molecule has 1 saturated heterocycles. The van der Waals surface area contributed by atoms with Crippen LogP contribution in [0.4, 0.5) is 18.9 Å². The number of halogens is 3. The lowest BCUT2D eigenvalue weighted by Gasteiger charge is -2.25. The minimum absolute atomic E-state index is 0.0229. The Bertz CT molecular complexity index is 589. The maximum absolute atomic E-state index is 12.4. The first kappa shape index (κ1) is 16.1.